The van der Waals surface area contributed by atoms with Crippen molar-refractivity contribution in [1.82, 2.24) is 4.57 Å². The molecule has 0 saturated heterocycles. The van der Waals surface area contributed by atoms with Gasteiger partial charge in [-0.1, -0.05) is 18.2 Å². The molecule has 4 nitrogen and oxygen atoms in total. The number of ether oxygens (including phenoxy) is 1. The summed E-state index contributed by atoms with van der Waals surface area (Å²) in [7, 11) is 1.38. The summed E-state index contributed by atoms with van der Waals surface area (Å²) < 4.78 is 6.59. The third-order valence-corrected chi connectivity index (χ3v) is 2.83. The molecular weight excluding hydrogens is 218 g/mol. The molecule has 1 aromatic carbocycles. The number of hydrogen-bond donors (Lipinski definition) is 1. The van der Waals surface area contributed by atoms with Crippen molar-refractivity contribution in [3.63, 3.8) is 0 Å². The van der Waals surface area contributed by atoms with Crippen molar-refractivity contribution < 1.29 is 14.6 Å². The summed E-state index contributed by atoms with van der Waals surface area (Å²) in [5.41, 5.74) is 1.86. The van der Waals surface area contributed by atoms with Gasteiger partial charge in [-0.3, -0.25) is 4.79 Å². The van der Waals surface area contributed by atoms with Gasteiger partial charge in [-0.2, -0.15) is 0 Å². The van der Waals surface area contributed by atoms with Crippen LogP contribution in [0.1, 0.15) is 12.0 Å². The number of fused-ring (bicyclic) bond motifs is 1. The second-order valence-corrected chi connectivity index (χ2v) is 3.85. The summed E-state index contributed by atoms with van der Waals surface area (Å²) in [6.07, 6.45) is 2.26. The molecule has 1 aromatic heterocycles. The fourth-order valence-electron chi connectivity index (χ4n) is 1.97. The van der Waals surface area contributed by atoms with Gasteiger partial charge in [-0.25, -0.2) is 0 Å². The van der Waals surface area contributed by atoms with Crippen LogP contribution in [0.4, 0.5) is 0 Å². The topological polar surface area (TPSA) is 51.5 Å². The molecule has 2 aromatic rings. The summed E-state index contributed by atoms with van der Waals surface area (Å²) in [5.74, 6) is -0.228. The number of aliphatic hydroxyl groups excluding tert-OH is 1. The molecule has 17 heavy (non-hydrogen) atoms. The van der Waals surface area contributed by atoms with Crippen LogP contribution in [0.3, 0.4) is 0 Å². The zero-order valence-corrected chi connectivity index (χ0v) is 9.72. The summed E-state index contributed by atoms with van der Waals surface area (Å²) in [4.78, 5) is 11.1. The number of aromatic nitrogens is 1. The van der Waals surface area contributed by atoms with E-state index in [0.717, 1.165) is 16.5 Å². The average Bonchev–Trinajstić information content (AvgIpc) is 2.79. The van der Waals surface area contributed by atoms with Crippen LogP contribution in [0.25, 0.3) is 10.9 Å². The Kier molecular flexibility index (Phi) is 3.44. The number of carbonyl (C=O) groups excluding carboxylic acids is 1. The second kappa shape index (κ2) is 5.01. The maximum atomic E-state index is 11.1. The SMILES string of the molecule is COC(=O)CCn1ccc2cccc(CO)c21. The maximum absolute atomic E-state index is 11.1. The van der Waals surface area contributed by atoms with Crippen LogP contribution in [0.5, 0.6) is 0 Å². The molecule has 1 heterocycles. The minimum atomic E-state index is -0.228. The number of esters is 1. The first-order valence-corrected chi connectivity index (χ1v) is 5.50. The van der Waals surface area contributed by atoms with Crippen LogP contribution in [-0.4, -0.2) is 22.8 Å². The Labute approximate surface area is 99.4 Å². The van der Waals surface area contributed by atoms with Crippen LogP contribution in [-0.2, 0) is 22.7 Å². The second-order valence-electron chi connectivity index (χ2n) is 3.85. The van der Waals surface area contributed by atoms with Crippen LogP contribution >= 0.6 is 0 Å². The van der Waals surface area contributed by atoms with Crippen molar-refractivity contribution in [1.29, 1.82) is 0 Å². The smallest absolute Gasteiger partial charge is 0.307 e. The van der Waals surface area contributed by atoms with E-state index in [2.05, 4.69) is 4.74 Å². The molecule has 0 spiro atoms. The monoisotopic (exact) mass is 233 g/mol. The van der Waals surface area contributed by atoms with Gasteiger partial charge in [0, 0.05) is 18.3 Å². The summed E-state index contributed by atoms with van der Waals surface area (Å²) in [6, 6.07) is 7.77. The maximum Gasteiger partial charge on any atom is 0.307 e. The Morgan fingerprint density at radius 2 is 2.24 bits per heavy atom. The standard InChI is InChI=1S/C13H15NO3/c1-17-12(16)6-8-14-7-5-10-3-2-4-11(9-15)13(10)14/h2-5,7,15H,6,8-9H2,1H3. The third kappa shape index (κ3) is 2.31. The van der Waals surface area contributed by atoms with Gasteiger partial charge in [0.1, 0.15) is 0 Å². The van der Waals surface area contributed by atoms with Gasteiger partial charge < -0.3 is 14.4 Å². The van der Waals surface area contributed by atoms with Crippen molar-refractivity contribution in [3.8, 4) is 0 Å². The van der Waals surface area contributed by atoms with E-state index in [1.807, 2.05) is 35.0 Å². The summed E-state index contributed by atoms with van der Waals surface area (Å²) >= 11 is 0. The van der Waals surface area contributed by atoms with E-state index >= 15 is 0 Å². The fourth-order valence-corrected chi connectivity index (χ4v) is 1.97. The van der Waals surface area contributed by atoms with Gasteiger partial charge in [0.2, 0.25) is 0 Å². The summed E-state index contributed by atoms with van der Waals surface area (Å²) in [5, 5.41) is 10.4. The highest BCUT2D eigenvalue weighted by molar-refractivity contribution is 5.83. The lowest BCUT2D eigenvalue weighted by Gasteiger charge is -2.07. The first kappa shape index (κ1) is 11.7. The van der Waals surface area contributed by atoms with E-state index < -0.39 is 0 Å². The number of methoxy groups -OCH3 is 1. The van der Waals surface area contributed by atoms with Crippen molar-refractivity contribution >= 4 is 16.9 Å². The Hall–Kier alpha value is -1.81. The Morgan fingerprint density at radius 3 is 2.94 bits per heavy atom. The number of rotatable bonds is 4. The first-order valence-electron chi connectivity index (χ1n) is 5.50. The molecule has 0 atom stereocenters. The average molecular weight is 233 g/mol. The molecule has 0 fully saturated rings. The Bertz CT molecular complexity index is 530. The third-order valence-electron chi connectivity index (χ3n) is 2.83. The van der Waals surface area contributed by atoms with Gasteiger partial charge in [-0.15, -0.1) is 0 Å². The van der Waals surface area contributed by atoms with Gasteiger partial charge in [0.05, 0.1) is 25.7 Å². The molecule has 1 N–H and O–H groups in total. The number of aliphatic hydroxyl groups is 1. The van der Waals surface area contributed by atoms with Crippen LogP contribution < -0.4 is 0 Å². The van der Waals surface area contributed by atoms with E-state index in [9.17, 15) is 9.90 Å². The number of hydrogen-bond acceptors (Lipinski definition) is 3. The van der Waals surface area contributed by atoms with E-state index in [4.69, 9.17) is 0 Å². The van der Waals surface area contributed by atoms with Crippen molar-refractivity contribution in [2.75, 3.05) is 7.11 Å². The highest BCUT2D eigenvalue weighted by atomic mass is 16.5. The lowest BCUT2D eigenvalue weighted by Crippen LogP contribution is -2.06. The molecule has 0 bridgehead atoms. The molecule has 0 aliphatic rings. The van der Waals surface area contributed by atoms with Crippen molar-refractivity contribution in [2.24, 2.45) is 0 Å². The molecule has 0 unspecified atom stereocenters. The molecule has 0 amide bonds. The van der Waals surface area contributed by atoms with Gasteiger partial charge in [-0.05, 0) is 11.5 Å². The van der Waals surface area contributed by atoms with E-state index in [1.165, 1.54) is 7.11 Å². The first-order chi connectivity index (χ1) is 8.26. The molecule has 0 aliphatic carbocycles. The molecule has 0 aliphatic heterocycles. The lowest BCUT2D eigenvalue weighted by molar-refractivity contribution is -0.140. The molecule has 90 valence electrons. The molecule has 2 rings (SSSR count). The zero-order chi connectivity index (χ0) is 12.3. The highest BCUT2D eigenvalue weighted by Crippen LogP contribution is 2.20. The molecule has 4 heteroatoms. The summed E-state index contributed by atoms with van der Waals surface area (Å²) in [6.45, 7) is 0.562. The fraction of sp³-hybridized carbons (Fsp3) is 0.308. The quantitative estimate of drug-likeness (QED) is 0.818. The Balaban J connectivity index is 2.31. The molecule has 0 saturated carbocycles. The van der Waals surface area contributed by atoms with E-state index in [0.29, 0.717) is 13.0 Å². The predicted octanol–water partition coefficient (Wildman–Crippen LogP) is 1.70. The zero-order valence-electron chi connectivity index (χ0n) is 9.72. The largest absolute Gasteiger partial charge is 0.469 e. The normalized spacial score (nSPS) is 10.7. The van der Waals surface area contributed by atoms with Crippen molar-refractivity contribution in [2.45, 2.75) is 19.6 Å². The van der Waals surface area contributed by atoms with E-state index in [1.54, 1.807) is 0 Å². The Morgan fingerprint density at radius 1 is 1.41 bits per heavy atom. The minimum absolute atomic E-state index is 0.000419. The van der Waals surface area contributed by atoms with Gasteiger partial charge in [0.15, 0.2) is 0 Å². The molecule has 0 radical (unpaired) electrons. The number of para-hydroxylation sites is 1. The van der Waals surface area contributed by atoms with Crippen molar-refractivity contribution in [3.05, 3.63) is 36.0 Å². The van der Waals surface area contributed by atoms with Gasteiger partial charge >= 0.3 is 5.97 Å². The number of nitrogens with zero attached hydrogens (tertiary/aromatic N) is 1. The minimum Gasteiger partial charge on any atom is -0.469 e. The lowest BCUT2D eigenvalue weighted by atomic mass is 10.1. The number of benzene rings is 1. The van der Waals surface area contributed by atoms with E-state index in [-0.39, 0.29) is 12.6 Å². The van der Waals surface area contributed by atoms with Gasteiger partial charge in [0.25, 0.3) is 0 Å². The molecular formula is C13H15NO3. The van der Waals surface area contributed by atoms with Crippen LogP contribution in [0.2, 0.25) is 0 Å². The van der Waals surface area contributed by atoms with Crippen LogP contribution in [0.15, 0.2) is 30.5 Å². The number of carbonyl (C=O) groups is 1. The highest BCUT2D eigenvalue weighted by Gasteiger charge is 2.07. The predicted molar refractivity (Wildman–Crippen MR) is 64.5 cm³/mol. The number of aryl methyl sites for hydroxylation is 1. The van der Waals surface area contributed by atoms with Crippen LogP contribution in [0, 0.1) is 0 Å².